The first-order valence-corrected chi connectivity index (χ1v) is 7.25. The molecule has 0 aliphatic rings. The summed E-state index contributed by atoms with van der Waals surface area (Å²) in [7, 11) is 1.94. The molecule has 19 heavy (non-hydrogen) atoms. The molecule has 0 saturated heterocycles. The number of anilines is 1. The zero-order valence-corrected chi connectivity index (χ0v) is 12.2. The number of rotatable bonds is 3. The predicted molar refractivity (Wildman–Crippen MR) is 78.4 cm³/mol. The van der Waals surface area contributed by atoms with Gasteiger partial charge in [-0.2, -0.15) is 16.4 Å². The molecule has 0 unspecified atom stereocenters. The number of nitrogens with two attached hydrogens (primary N) is 1. The van der Waals surface area contributed by atoms with Crippen molar-refractivity contribution < 1.29 is 0 Å². The second kappa shape index (κ2) is 4.38. The molecule has 3 heterocycles. The maximum absolute atomic E-state index is 6.07. The van der Waals surface area contributed by atoms with E-state index in [1.165, 1.54) is 11.1 Å². The molecule has 0 aliphatic carbocycles. The summed E-state index contributed by atoms with van der Waals surface area (Å²) in [5.74, 6) is 0.559. The highest BCUT2D eigenvalue weighted by molar-refractivity contribution is 7.08. The summed E-state index contributed by atoms with van der Waals surface area (Å²) in [4.78, 5) is 4.48. The first kappa shape index (κ1) is 12.2. The molecule has 0 amide bonds. The van der Waals surface area contributed by atoms with Gasteiger partial charge in [-0.3, -0.25) is 9.25 Å². The van der Waals surface area contributed by atoms with Crippen LogP contribution in [0.3, 0.4) is 0 Å². The largest absolute Gasteiger partial charge is 0.369 e. The van der Waals surface area contributed by atoms with E-state index in [1.54, 1.807) is 11.3 Å². The maximum atomic E-state index is 6.07. The lowest BCUT2D eigenvalue weighted by molar-refractivity contribution is 0.719. The van der Waals surface area contributed by atoms with Gasteiger partial charge in [-0.15, -0.1) is 0 Å². The molecule has 3 aromatic heterocycles. The zero-order valence-electron chi connectivity index (χ0n) is 11.3. The minimum absolute atomic E-state index is 0.559. The molecular weight excluding hydrogens is 258 g/mol. The Morgan fingerprint density at radius 2 is 2.16 bits per heavy atom. The van der Waals surface area contributed by atoms with Crippen LogP contribution in [-0.4, -0.2) is 19.3 Å². The van der Waals surface area contributed by atoms with Gasteiger partial charge in [0.05, 0.1) is 12.2 Å². The highest BCUT2D eigenvalue weighted by Crippen LogP contribution is 2.24. The standard InChI is InChI=1S/C13H17N5S/c1-4-10-11-12(17(3)16-10)18(13(14)15-11)5-9-7-19-6-8(9)2/h6-7H,4-5H2,1-3H3,(H2,14,15). The van der Waals surface area contributed by atoms with Gasteiger partial charge in [0.1, 0.15) is 5.52 Å². The zero-order chi connectivity index (χ0) is 13.6. The molecule has 5 nitrogen and oxygen atoms in total. The molecule has 6 heteroatoms. The van der Waals surface area contributed by atoms with Gasteiger partial charge in [-0.05, 0) is 35.2 Å². The van der Waals surface area contributed by atoms with Crippen LogP contribution in [-0.2, 0) is 20.0 Å². The second-order valence-corrected chi connectivity index (χ2v) is 5.48. The first-order chi connectivity index (χ1) is 9.11. The minimum Gasteiger partial charge on any atom is -0.369 e. The maximum Gasteiger partial charge on any atom is 0.202 e. The molecule has 0 saturated carbocycles. The van der Waals surface area contributed by atoms with Crippen molar-refractivity contribution in [1.82, 2.24) is 19.3 Å². The summed E-state index contributed by atoms with van der Waals surface area (Å²) in [6.45, 7) is 4.96. The normalized spacial score (nSPS) is 11.5. The second-order valence-electron chi connectivity index (χ2n) is 4.73. The molecular formula is C13H17N5S. The Morgan fingerprint density at radius 1 is 1.37 bits per heavy atom. The Labute approximate surface area is 115 Å². The molecule has 2 N–H and O–H groups in total. The quantitative estimate of drug-likeness (QED) is 0.798. The Morgan fingerprint density at radius 3 is 2.79 bits per heavy atom. The van der Waals surface area contributed by atoms with Crippen molar-refractivity contribution in [2.45, 2.75) is 26.8 Å². The Kier molecular flexibility index (Phi) is 2.82. The van der Waals surface area contributed by atoms with E-state index < -0.39 is 0 Å². The summed E-state index contributed by atoms with van der Waals surface area (Å²) < 4.78 is 3.91. The third-order valence-corrected chi connectivity index (χ3v) is 4.36. The van der Waals surface area contributed by atoms with E-state index in [9.17, 15) is 0 Å². The minimum atomic E-state index is 0.559. The van der Waals surface area contributed by atoms with Gasteiger partial charge >= 0.3 is 0 Å². The molecule has 0 spiro atoms. The van der Waals surface area contributed by atoms with Gasteiger partial charge in [0.25, 0.3) is 0 Å². The van der Waals surface area contributed by atoms with Gasteiger partial charge in [0.2, 0.25) is 5.95 Å². The van der Waals surface area contributed by atoms with E-state index >= 15 is 0 Å². The average molecular weight is 275 g/mol. The van der Waals surface area contributed by atoms with E-state index in [1.807, 2.05) is 16.3 Å². The van der Waals surface area contributed by atoms with Crippen molar-refractivity contribution in [3.63, 3.8) is 0 Å². The number of hydrogen-bond acceptors (Lipinski definition) is 4. The van der Waals surface area contributed by atoms with Crippen molar-refractivity contribution in [3.8, 4) is 0 Å². The van der Waals surface area contributed by atoms with E-state index in [0.29, 0.717) is 5.95 Å². The number of imidazole rings is 1. The first-order valence-electron chi connectivity index (χ1n) is 6.31. The summed E-state index contributed by atoms with van der Waals surface area (Å²) >= 11 is 1.72. The third kappa shape index (κ3) is 1.83. The van der Waals surface area contributed by atoms with Gasteiger partial charge in [-0.25, -0.2) is 4.98 Å². The molecule has 3 aromatic rings. The monoisotopic (exact) mass is 275 g/mol. The van der Waals surface area contributed by atoms with E-state index in [2.05, 4.69) is 34.7 Å². The number of aryl methyl sites for hydroxylation is 3. The molecule has 100 valence electrons. The fourth-order valence-corrected chi connectivity index (χ4v) is 3.22. The Bertz CT molecular complexity index is 734. The molecule has 0 aromatic carbocycles. The van der Waals surface area contributed by atoms with Crippen LogP contribution >= 0.6 is 11.3 Å². The van der Waals surface area contributed by atoms with E-state index in [-0.39, 0.29) is 0 Å². The highest BCUT2D eigenvalue weighted by atomic mass is 32.1. The van der Waals surface area contributed by atoms with Gasteiger partial charge in [0.15, 0.2) is 5.65 Å². The highest BCUT2D eigenvalue weighted by Gasteiger charge is 2.17. The van der Waals surface area contributed by atoms with Crippen molar-refractivity contribution in [2.75, 3.05) is 5.73 Å². The summed E-state index contributed by atoms with van der Waals surface area (Å²) in [6, 6.07) is 0. The fourth-order valence-electron chi connectivity index (χ4n) is 2.37. The van der Waals surface area contributed by atoms with Crippen LogP contribution in [0.5, 0.6) is 0 Å². The molecule has 0 radical (unpaired) electrons. The lowest BCUT2D eigenvalue weighted by Crippen LogP contribution is -2.08. The molecule has 0 atom stereocenters. The molecule has 0 aliphatic heterocycles. The predicted octanol–water partition coefficient (Wildman–Crippen LogP) is 2.33. The van der Waals surface area contributed by atoms with E-state index in [0.717, 1.165) is 29.8 Å². The Balaban J connectivity index is 2.15. The van der Waals surface area contributed by atoms with Crippen LogP contribution in [0.2, 0.25) is 0 Å². The lowest BCUT2D eigenvalue weighted by Gasteiger charge is -2.06. The van der Waals surface area contributed by atoms with Crippen LogP contribution in [0.15, 0.2) is 10.8 Å². The smallest absolute Gasteiger partial charge is 0.202 e. The summed E-state index contributed by atoms with van der Waals surface area (Å²) in [6.07, 6.45) is 0.866. The van der Waals surface area contributed by atoms with Gasteiger partial charge in [-0.1, -0.05) is 6.92 Å². The van der Waals surface area contributed by atoms with Crippen LogP contribution in [0.25, 0.3) is 11.2 Å². The fraction of sp³-hybridized carbons (Fsp3) is 0.385. The van der Waals surface area contributed by atoms with Crippen LogP contribution in [0.4, 0.5) is 5.95 Å². The van der Waals surface area contributed by atoms with Crippen molar-refractivity contribution in [2.24, 2.45) is 7.05 Å². The topological polar surface area (TPSA) is 61.7 Å². The van der Waals surface area contributed by atoms with Crippen molar-refractivity contribution in [1.29, 1.82) is 0 Å². The number of fused-ring (bicyclic) bond motifs is 1. The number of nitrogen functional groups attached to an aromatic ring is 1. The summed E-state index contributed by atoms with van der Waals surface area (Å²) in [5.41, 5.74) is 11.6. The van der Waals surface area contributed by atoms with Gasteiger partial charge < -0.3 is 5.73 Å². The number of thiophene rings is 1. The van der Waals surface area contributed by atoms with Crippen LogP contribution in [0.1, 0.15) is 23.7 Å². The van der Waals surface area contributed by atoms with Crippen molar-refractivity contribution in [3.05, 3.63) is 27.6 Å². The average Bonchev–Trinajstić information content (AvgIpc) is 3.00. The molecule has 0 bridgehead atoms. The summed E-state index contributed by atoms with van der Waals surface area (Å²) in [5, 5.41) is 8.82. The Hall–Kier alpha value is -1.82. The lowest BCUT2D eigenvalue weighted by atomic mass is 10.2. The van der Waals surface area contributed by atoms with Crippen molar-refractivity contribution >= 4 is 28.4 Å². The van der Waals surface area contributed by atoms with Crippen LogP contribution in [0, 0.1) is 6.92 Å². The third-order valence-electron chi connectivity index (χ3n) is 3.45. The number of nitrogens with zero attached hydrogens (tertiary/aromatic N) is 4. The number of aromatic nitrogens is 4. The number of hydrogen-bond donors (Lipinski definition) is 1. The SMILES string of the molecule is CCc1nn(C)c2c1nc(N)n2Cc1cscc1C. The van der Waals surface area contributed by atoms with Crippen LogP contribution < -0.4 is 5.73 Å². The van der Waals surface area contributed by atoms with Gasteiger partial charge in [0, 0.05) is 7.05 Å². The molecule has 3 rings (SSSR count). The van der Waals surface area contributed by atoms with E-state index in [4.69, 9.17) is 5.73 Å². The molecule has 0 fully saturated rings.